The fraction of sp³-hybridized carbons (Fsp3) is 0.722. The second kappa shape index (κ2) is 6.78. The molecule has 1 aromatic rings. The van der Waals surface area contributed by atoms with E-state index in [1.165, 1.54) is 12.8 Å². The van der Waals surface area contributed by atoms with Crippen molar-refractivity contribution >= 4 is 0 Å². The van der Waals surface area contributed by atoms with Crippen molar-refractivity contribution in [3.8, 4) is 5.75 Å². The standard InChI is InChI=1S/C18H29NO2/c1-13(2)10-18(7-5-6-8-18)17(20)15-9-16(12-19-11-15)21-14(3)4/h9,11-14,17,20H,5-8,10H2,1-4H3. The van der Waals surface area contributed by atoms with Crippen molar-refractivity contribution in [3.63, 3.8) is 0 Å². The van der Waals surface area contributed by atoms with Gasteiger partial charge in [-0.15, -0.1) is 0 Å². The molecule has 1 fully saturated rings. The number of ether oxygens (including phenoxy) is 1. The normalized spacial score (nSPS) is 19.2. The summed E-state index contributed by atoms with van der Waals surface area (Å²) in [5.74, 6) is 1.35. The van der Waals surface area contributed by atoms with E-state index in [1.54, 1.807) is 12.4 Å². The predicted octanol–water partition coefficient (Wildman–Crippen LogP) is 4.51. The second-order valence-electron chi connectivity index (χ2n) is 7.19. The van der Waals surface area contributed by atoms with Crippen LogP contribution in [0.1, 0.15) is 71.5 Å². The van der Waals surface area contributed by atoms with E-state index in [-0.39, 0.29) is 11.5 Å². The average molecular weight is 291 g/mol. The molecule has 1 saturated carbocycles. The molecule has 21 heavy (non-hydrogen) atoms. The van der Waals surface area contributed by atoms with Gasteiger partial charge in [-0.2, -0.15) is 0 Å². The number of aromatic nitrogens is 1. The third-order valence-electron chi connectivity index (χ3n) is 4.42. The zero-order valence-electron chi connectivity index (χ0n) is 13.8. The van der Waals surface area contributed by atoms with Gasteiger partial charge in [-0.3, -0.25) is 4.98 Å². The van der Waals surface area contributed by atoms with E-state index in [0.717, 1.165) is 30.6 Å². The van der Waals surface area contributed by atoms with Gasteiger partial charge in [0.15, 0.2) is 0 Å². The van der Waals surface area contributed by atoms with Crippen LogP contribution in [0.15, 0.2) is 18.5 Å². The van der Waals surface area contributed by atoms with Crippen LogP contribution in [0.2, 0.25) is 0 Å². The van der Waals surface area contributed by atoms with Crippen molar-refractivity contribution in [2.75, 3.05) is 0 Å². The zero-order valence-corrected chi connectivity index (χ0v) is 13.8. The van der Waals surface area contributed by atoms with Gasteiger partial charge in [-0.05, 0) is 45.1 Å². The van der Waals surface area contributed by atoms with Crippen LogP contribution in [-0.2, 0) is 0 Å². The first kappa shape index (κ1) is 16.3. The molecule has 1 aromatic heterocycles. The van der Waals surface area contributed by atoms with Gasteiger partial charge < -0.3 is 9.84 Å². The molecule has 3 heteroatoms. The summed E-state index contributed by atoms with van der Waals surface area (Å²) in [5.41, 5.74) is 0.919. The van der Waals surface area contributed by atoms with Gasteiger partial charge in [0.2, 0.25) is 0 Å². The van der Waals surface area contributed by atoms with Gasteiger partial charge in [0.25, 0.3) is 0 Å². The van der Waals surface area contributed by atoms with Gasteiger partial charge in [0.1, 0.15) is 5.75 Å². The van der Waals surface area contributed by atoms with Gasteiger partial charge in [-0.1, -0.05) is 26.7 Å². The Bertz CT molecular complexity index is 450. The summed E-state index contributed by atoms with van der Waals surface area (Å²) in [6.45, 7) is 8.48. The van der Waals surface area contributed by atoms with Crippen molar-refractivity contribution in [2.45, 2.75) is 72.0 Å². The molecule has 0 aromatic carbocycles. The average Bonchev–Trinajstić information content (AvgIpc) is 2.86. The van der Waals surface area contributed by atoms with Crippen molar-refractivity contribution in [2.24, 2.45) is 11.3 Å². The highest BCUT2D eigenvalue weighted by Gasteiger charge is 2.41. The molecule has 0 spiro atoms. The van der Waals surface area contributed by atoms with Crippen molar-refractivity contribution in [1.82, 2.24) is 4.98 Å². The smallest absolute Gasteiger partial charge is 0.138 e. The predicted molar refractivity (Wildman–Crippen MR) is 85.3 cm³/mol. The Kier molecular flexibility index (Phi) is 5.26. The molecule has 2 rings (SSSR count). The van der Waals surface area contributed by atoms with Crippen LogP contribution in [-0.4, -0.2) is 16.2 Å². The number of hydrogen-bond acceptors (Lipinski definition) is 3. The lowest BCUT2D eigenvalue weighted by molar-refractivity contribution is 0.0107. The molecule has 1 N–H and O–H groups in total. The van der Waals surface area contributed by atoms with Crippen LogP contribution in [0, 0.1) is 11.3 Å². The van der Waals surface area contributed by atoms with Crippen molar-refractivity contribution in [3.05, 3.63) is 24.0 Å². The molecule has 1 aliphatic carbocycles. The maximum Gasteiger partial charge on any atom is 0.138 e. The van der Waals surface area contributed by atoms with E-state index in [4.69, 9.17) is 4.74 Å². The van der Waals surface area contributed by atoms with Crippen LogP contribution < -0.4 is 4.74 Å². The Morgan fingerprint density at radius 3 is 2.43 bits per heavy atom. The van der Waals surface area contributed by atoms with E-state index in [9.17, 15) is 5.11 Å². The van der Waals surface area contributed by atoms with Crippen molar-refractivity contribution < 1.29 is 9.84 Å². The molecule has 1 unspecified atom stereocenters. The maximum absolute atomic E-state index is 11.0. The molecule has 0 bridgehead atoms. The highest BCUT2D eigenvalue weighted by molar-refractivity contribution is 5.27. The lowest BCUT2D eigenvalue weighted by Gasteiger charge is -2.36. The Morgan fingerprint density at radius 1 is 1.19 bits per heavy atom. The third kappa shape index (κ3) is 3.97. The van der Waals surface area contributed by atoms with Crippen molar-refractivity contribution in [1.29, 1.82) is 0 Å². The fourth-order valence-electron chi connectivity index (χ4n) is 3.76. The topological polar surface area (TPSA) is 42.4 Å². The molecule has 3 nitrogen and oxygen atoms in total. The van der Waals surface area contributed by atoms with Gasteiger partial charge in [-0.25, -0.2) is 0 Å². The summed E-state index contributed by atoms with van der Waals surface area (Å²) >= 11 is 0. The lowest BCUT2D eigenvalue weighted by Crippen LogP contribution is -2.28. The van der Waals surface area contributed by atoms with E-state index in [2.05, 4.69) is 18.8 Å². The van der Waals surface area contributed by atoms with Gasteiger partial charge >= 0.3 is 0 Å². The second-order valence-corrected chi connectivity index (χ2v) is 7.19. The lowest BCUT2D eigenvalue weighted by atomic mass is 9.72. The van der Waals surface area contributed by atoms with Gasteiger partial charge in [0, 0.05) is 17.2 Å². The molecule has 0 amide bonds. The van der Waals surface area contributed by atoms with Crippen LogP contribution in [0.4, 0.5) is 0 Å². The summed E-state index contributed by atoms with van der Waals surface area (Å²) in [5, 5.41) is 11.0. The minimum absolute atomic E-state index is 0.0201. The molecule has 1 aliphatic rings. The molecule has 0 aliphatic heterocycles. The minimum Gasteiger partial charge on any atom is -0.489 e. The Labute approximate surface area is 128 Å². The van der Waals surface area contributed by atoms with E-state index in [1.807, 2.05) is 19.9 Å². The SMILES string of the molecule is CC(C)CC1(C(O)c2cncc(OC(C)C)c2)CCCC1. The first-order chi connectivity index (χ1) is 9.93. The molecular formula is C18H29NO2. The van der Waals surface area contributed by atoms with Crippen LogP contribution in [0.3, 0.4) is 0 Å². The quantitative estimate of drug-likeness (QED) is 0.838. The van der Waals surface area contributed by atoms with E-state index < -0.39 is 6.10 Å². The fourth-order valence-corrected chi connectivity index (χ4v) is 3.76. The summed E-state index contributed by atoms with van der Waals surface area (Å²) in [6, 6.07) is 1.96. The summed E-state index contributed by atoms with van der Waals surface area (Å²) in [6.07, 6.45) is 8.94. The van der Waals surface area contributed by atoms with E-state index in [0.29, 0.717) is 5.92 Å². The first-order valence-corrected chi connectivity index (χ1v) is 8.22. The molecule has 1 heterocycles. The molecule has 1 atom stereocenters. The summed E-state index contributed by atoms with van der Waals surface area (Å²) < 4.78 is 5.71. The number of nitrogens with zero attached hydrogens (tertiary/aromatic N) is 1. The van der Waals surface area contributed by atoms with Crippen LogP contribution in [0.5, 0.6) is 5.75 Å². The number of aliphatic hydroxyl groups is 1. The number of rotatable bonds is 6. The molecular weight excluding hydrogens is 262 g/mol. The highest BCUT2D eigenvalue weighted by atomic mass is 16.5. The summed E-state index contributed by atoms with van der Waals surface area (Å²) in [7, 11) is 0. The van der Waals surface area contributed by atoms with Crippen LogP contribution in [0.25, 0.3) is 0 Å². The monoisotopic (exact) mass is 291 g/mol. The maximum atomic E-state index is 11.0. The third-order valence-corrected chi connectivity index (χ3v) is 4.42. The Balaban J connectivity index is 2.22. The van der Waals surface area contributed by atoms with E-state index >= 15 is 0 Å². The molecule has 0 radical (unpaired) electrons. The number of aliphatic hydroxyl groups excluding tert-OH is 1. The number of hydrogen-bond donors (Lipinski definition) is 1. The molecule has 118 valence electrons. The highest BCUT2D eigenvalue weighted by Crippen LogP contribution is 2.51. The Hall–Kier alpha value is -1.09. The summed E-state index contributed by atoms with van der Waals surface area (Å²) in [4.78, 5) is 4.26. The van der Waals surface area contributed by atoms with Gasteiger partial charge in [0.05, 0.1) is 18.4 Å². The number of pyridine rings is 1. The molecule has 0 saturated heterocycles. The minimum atomic E-state index is -0.439. The first-order valence-electron chi connectivity index (χ1n) is 8.22. The largest absolute Gasteiger partial charge is 0.489 e. The Morgan fingerprint density at radius 2 is 1.86 bits per heavy atom. The van der Waals surface area contributed by atoms with Crippen LogP contribution >= 0.6 is 0 Å². The zero-order chi connectivity index (χ0) is 15.5.